The molecule has 178 valence electrons. The molecule has 6 rings (SSSR count). The molecule has 2 aromatic carbocycles. The highest BCUT2D eigenvalue weighted by Gasteiger charge is 2.72. The predicted molar refractivity (Wildman–Crippen MR) is 128 cm³/mol. The summed E-state index contributed by atoms with van der Waals surface area (Å²) in [6.45, 7) is 4.57. The van der Waals surface area contributed by atoms with Crippen LogP contribution in [-0.4, -0.2) is 61.3 Å². The fourth-order valence-corrected chi connectivity index (χ4v) is 7.30. The summed E-state index contributed by atoms with van der Waals surface area (Å²) < 4.78 is 11.3. The third-order valence-corrected chi connectivity index (χ3v) is 8.66. The smallest absolute Gasteiger partial charge is 0.221 e. The normalized spacial score (nSPS) is 30.1. The molecule has 2 N–H and O–H groups in total. The molecule has 4 heterocycles. The fourth-order valence-electron chi connectivity index (χ4n) is 7.30. The van der Waals surface area contributed by atoms with Crippen molar-refractivity contribution in [1.29, 1.82) is 0 Å². The molecule has 2 aromatic rings. The van der Waals surface area contributed by atoms with E-state index in [-0.39, 0.29) is 24.1 Å². The third kappa shape index (κ3) is 2.38. The van der Waals surface area contributed by atoms with E-state index in [1.807, 2.05) is 34.1 Å². The second-order valence-corrected chi connectivity index (χ2v) is 9.78. The van der Waals surface area contributed by atoms with Gasteiger partial charge in [-0.3, -0.25) is 9.59 Å². The minimum absolute atomic E-state index is 0.0466. The van der Waals surface area contributed by atoms with Crippen LogP contribution in [0.3, 0.4) is 0 Å². The summed E-state index contributed by atoms with van der Waals surface area (Å²) in [5.74, 6) is 1.66. The van der Waals surface area contributed by atoms with Gasteiger partial charge in [-0.05, 0) is 60.4 Å². The lowest BCUT2D eigenvalue weighted by Gasteiger charge is -2.48. The second-order valence-electron chi connectivity index (χ2n) is 9.78. The van der Waals surface area contributed by atoms with Gasteiger partial charge in [0, 0.05) is 38.3 Å². The van der Waals surface area contributed by atoms with Crippen molar-refractivity contribution in [2.45, 2.75) is 49.9 Å². The number of nitrogens with one attached hydrogen (secondary N) is 2. The number of likely N-dealkylation sites (tertiary alicyclic amines) is 2. The average Bonchev–Trinajstić information content (AvgIpc) is 3.54. The number of carbonyl (C=O) groups excluding carboxylic acids is 2. The molecular weight excluding hydrogens is 432 g/mol. The number of hydrogen-bond acceptors (Lipinski definition) is 6. The number of nitrogens with zero attached hydrogens (tertiary/aromatic N) is 2. The zero-order valence-electron chi connectivity index (χ0n) is 20.0. The standard InChI is InChI=1S/C26H30N4O4/c1-15(31)29-11-9-25(19-13-17(33-3)5-7-21(19)27-23(25)29)26-10-12-30(16(2)32)24(26)28-22-8-6-18(34-4)14-20(22)26/h5-8,13-14,23-24,27-28H,9-12H2,1-4H3/t23-,24+,25+,26-. The van der Waals surface area contributed by atoms with Crippen molar-refractivity contribution in [3.8, 4) is 11.5 Å². The van der Waals surface area contributed by atoms with Gasteiger partial charge in [0.05, 0.1) is 25.0 Å². The molecule has 0 bridgehead atoms. The lowest BCUT2D eigenvalue weighted by atomic mass is 9.55. The molecular formula is C26H30N4O4. The maximum absolute atomic E-state index is 12.8. The van der Waals surface area contributed by atoms with E-state index in [1.54, 1.807) is 28.1 Å². The van der Waals surface area contributed by atoms with Gasteiger partial charge < -0.3 is 29.9 Å². The van der Waals surface area contributed by atoms with Crippen molar-refractivity contribution in [1.82, 2.24) is 9.80 Å². The summed E-state index contributed by atoms with van der Waals surface area (Å²) in [6.07, 6.45) is 1.12. The number of ether oxygens (including phenoxy) is 2. The largest absolute Gasteiger partial charge is 0.497 e. The number of carbonyl (C=O) groups is 2. The van der Waals surface area contributed by atoms with Crippen LogP contribution in [0, 0.1) is 0 Å². The molecule has 8 nitrogen and oxygen atoms in total. The van der Waals surface area contributed by atoms with Gasteiger partial charge in [0.1, 0.15) is 23.8 Å². The maximum Gasteiger partial charge on any atom is 0.221 e. The van der Waals surface area contributed by atoms with E-state index in [1.165, 1.54) is 0 Å². The quantitative estimate of drug-likeness (QED) is 0.730. The maximum atomic E-state index is 12.8. The first kappa shape index (κ1) is 21.1. The monoisotopic (exact) mass is 462 g/mol. The molecule has 4 atom stereocenters. The highest BCUT2D eigenvalue weighted by molar-refractivity contribution is 5.82. The van der Waals surface area contributed by atoms with E-state index in [4.69, 9.17) is 9.47 Å². The third-order valence-electron chi connectivity index (χ3n) is 8.66. The Labute approximate surface area is 199 Å². The van der Waals surface area contributed by atoms with E-state index in [9.17, 15) is 9.59 Å². The van der Waals surface area contributed by atoms with Gasteiger partial charge in [0.25, 0.3) is 0 Å². The van der Waals surface area contributed by atoms with Crippen LogP contribution in [0.5, 0.6) is 11.5 Å². The van der Waals surface area contributed by atoms with Crippen molar-refractivity contribution >= 4 is 23.2 Å². The lowest BCUT2D eigenvalue weighted by Crippen LogP contribution is -2.61. The molecule has 34 heavy (non-hydrogen) atoms. The van der Waals surface area contributed by atoms with Crippen LogP contribution < -0.4 is 20.1 Å². The average molecular weight is 463 g/mol. The highest BCUT2D eigenvalue weighted by Crippen LogP contribution is 2.67. The number of rotatable bonds is 3. The van der Waals surface area contributed by atoms with E-state index in [0.29, 0.717) is 13.1 Å². The van der Waals surface area contributed by atoms with Gasteiger partial charge in [-0.2, -0.15) is 0 Å². The van der Waals surface area contributed by atoms with Crippen molar-refractivity contribution in [3.63, 3.8) is 0 Å². The van der Waals surface area contributed by atoms with Crippen LogP contribution in [0.15, 0.2) is 36.4 Å². The first-order valence-corrected chi connectivity index (χ1v) is 11.8. The molecule has 0 radical (unpaired) electrons. The summed E-state index contributed by atoms with van der Waals surface area (Å²) >= 11 is 0. The Hall–Kier alpha value is -3.42. The predicted octanol–water partition coefficient (Wildman–Crippen LogP) is 2.89. The van der Waals surface area contributed by atoms with Gasteiger partial charge >= 0.3 is 0 Å². The Balaban J connectivity index is 1.66. The van der Waals surface area contributed by atoms with Crippen molar-refractivity contribution in [2.75, 3.05) is 37.9 Å². The van der Waals surface area contributed by atoms with Crippen LogP contribution in [0.1, 0.15) is 37.8 Å². The summed E-state index contributed by atoms with van der Waals surface area (Å²) in [5, 5.41) is 7.39. The number of anilines is 2. The Morgan fingerprint density at radius 1 is 0.794 bits per heavy atom. The van der Waals surface area contributed by atoms with Crippen LogP contribution in [0.2, 0.25) is 0 Å². The number of fused-ring (bicyclic) bond motifs is 7. The number of amides is 2. The van der Waals surface area contributed by atoms with Crippen molar-refractivity contribution in [2.24, 2.45) is 0 Å². The van der Waals surface area contributed by atoms with Gasteiger partial charge in [-0.15, -0.1) is 0 Å². The Morgan fingerprint density at radius 3 is 1.56 bits per heavy atom. The molecule has 8 heteroatoms. The van der Waals surface area contributed by atoms with Gasteiger partial charge in [-0.1, -0.05) is 0 Å². The molecule has 4 aliphatic heterocycles. The van der Waals surface area contributed by atoms with Gasteiger partial charge in [-0.25, -0.2) is 0 Å². The molecule has 0 aliphatic carbocycles. The summed E-state index contributed by atoms with van der Waals surface area (Å²) in [5.41, 5.74) is 3.41. The van der Waals surface area contributed by atoms with Gasteiger partial charge in [0.15, 0.2) is 0 Å². The molecule has 2 fully saturated rings. The molecule has 0 saturated carbocycles. The topological polar surface area (TPSA) is 83.1 Å². The molecule has 0 spiro atoms. The number of benzene rings is 2. The minimum Gasteiger partial charge on any atom is -0.497 e. The van der Waals surface area contributed by atoms with Crippen LogP contribution >= 0.6 is 0 Å². The number of hydrogen-bond donors (Lipinski definition) is 2. The molecule has 2 saturated heterocycles. The zero-order valence-corrected chi connectivity index (χ0v) is 20.0. The summed E-state index contributed by atoms with van der Waals surface area (Å²) in [7, 11) is 3.35. The summed E-state index contributed by atoms with van der Waals surface area (Å²) in [4.78, 5) is 29.5. The van der Waals surface area contributed by atoms with E-state index >= 15 is 0 Å². The number of methoxy groups -OCH3 is 2. The van der Waals surface area contributed by atoms with Crippen molar-refractivity contribution in [3.05, 3.63) is 47.5 Å². The zero-order chi connectivity index (χ0) is 23.8. The minimum atomic E-state index is -0.456. The van der Waals surface area contributed by atoms with Gasteiger partial charge in [0.2, 0.25) is 11.8 Å². The molecule has 0 aromatic heterocycles. The fraction of sp³-hybridized carbons (Fsp3) is 0.462. The van der Waals surface area contributed by atoms with Crippen LogP contribution in [0.4, 0.5) is 11.4 Å². The lowest BCUT2D eigenvalue weighted by molar-refractivity contribution is -0.131. The molecule has 0 unspecified atom stereocenters. The summed E-state index contributed by atoms with van der Waals surface area (Å²) in [6, 6.07) is 12.2. The first-order valence-electron chi connectivity index (χ1n) is 11.8. The Morgan fingerprint density at radius 2 is 1.21 bits per heavy atom. The van der Waals surface area contributed by atoms with Crippen LogP contribution in [0.25, 0.3) is 0 Å². The second kappa shape index (κ2) is 7.04. The van der Waals surface area contributed by atoms with Crippen molar-refractivity contribution < 1.29 is 19.1 Å². The first-order chi connectivity index (χ1) is 16.4. The highest BCUT2D eigenvalue weighted by atomic mass is 16.5. The van der Waals surface area contributed by atoms with E-state index in [0.717, 1.165) is 46.8 Å². The molecule has 2 amide bonds. The Kier molecular flexibility index (Phi) is 4.38. The van der Waals surface area contributed by atoms with E-state index < -0.39 is 10.8 Å². The Bertz CT molecular complexity index is 1120. The SMILES string of the molecule is COc1ccc2c(c1)[C@@]1([C@@]34CCN(C(C)=O)[C@@H]3Nc3ccc(OC)cc34)CCN(C(C)=O)[C@H]1N2. The van der Waals surface area contributed by atoms with Crippen LogP contribution in [-0.2, 0) is 20.4 Å². The van der Waals surface area contributed by atoms with E-state index in [2.05, 4.69) is 22.8 Å². The molecule has 4 aliphatic rings.